The molecular weight excluding hydrogens is 430 g/mol. The van der Waals surface area contributed by atoms with Gasteiger partial charge in [-0.3, -0.25) is 24.1 Å². The Kier molecular flexibility index (Phi) is 12.8. The Labute approximate surface area is 181 Å². The molecule has 1 rings (SSSR count). The van der Waals surface area contributed by atoms with E-state index in [0.29, 0.717) is 26.2 Å². The fourth-order valence-electron chi connectivity index (χ4n) is 2.44. The zero-order valence-electron chi connectivity index (χ0n) is 17.6. The number of amides is 4. The van der Waals surface area contributed by atoms with Crippen molar-refractivity contribution in [1.82, 2.24) is 15.5 Å². The van der Waals surface area contributed by atoms with Gasteiger partial charge in [0.05, 0.1) is 26.4 Å². The van der Waals surface area contributed by atoms with Crippen LogP contribution in [0.3, 0.4) is 0 Å². The summed E-state index contributed by atoms with van der Waals surface area (Å²) in [5.41, 5.74) is 0. The molecule has 0 saturated heterocycles. The second-order valence-electron chi connectivity index (χ2n) is 6.64. The van der Waals surface area contributed by atoms with Gasteiger partial charge in [-0.25, -0.2) is 0 Å². The first kappa shape index (κ1) is 26.9. The predicted molar refractivity (Wildman–Crippen MR) is 109 cm³/mol. The first-order valence-electron chi connectivity index (χ1n) is 9.97. The molecule has 12 nitrogen and oxygen atoms in total. The van der Waals surface area contributed by atoms with Gasteiger partial charge in [-0.15, -0.1) is 0 Å². The molecule has 0 unspecified atom stereocenters. The highest BCUT2D eigenvalue weighted by molar-refractivity contribution is 6.57. The Bertz CT molecular complexity index is 625. The lowest BCUT2D eigenvalue weighted by Crippen LogP contribution is -2.38. The highest BCUT2D eigenvalue weighted by Gasteiger charge is 2.29. The molecule has 0 atom stereocenters. The van der Waals surface area contributed by atoms with E-state index < -0.39 is 20.6 Å². The molecule has 1 heterocycles. The monoisotopic (exact) mass is 461 g/mol. The zero-order chi connectivity index (χ0) is 23.1. The van der Waals surface area contributed by atoms with E-state index in [1.54, 1.807) is 0 Å². The molecule has 31 heavy (non-hydrogen) atoms. The summed E-state index contributed by atoms with van der Waals surface area (Å²) in [5.74, 6) is -1.31. The summed E-state index contributed by atoms with van der Waals surface area (Å²) in [6, 6.07) is 0.118. The lowest BCUT2D eigenvalue weighted by Gasteiger charge is -2.14. The second kappa shape index (κ2) is 14.8. The molecular formula is C18H31N3O9Si. The molecule has 0 aromatic rings. The Balaban J connectivity index is 1.88. The van der Waals surface area contributed by atoms with Crippen LogP contribution >= 0.6 is 0 Å². The summed E-state index contributed by atoms with van der Waals surface area (Å²) in [4.78, 5) is 65.7. The SMILES string of the molecule is CO[Si](O)(O)CCCNC(=O)CCOCCOCCNC(=O)CCN1C(=O)C=CC1=O. The minimum atomic E-state index is -3.56. The first-order valence-corrected chi connectivity index (χ1v) is 12.0. The minimum absolute atomic E-state index is 0.0273. The lowest BCUT2D eigenvalue weighted by atomic mass is 10.3. The van der Waals surface area contributed by atoms with E-state index in [9.17, 15) is 28.8 Å². The van der Waals surface area contributed by atoms with Gasteiger partial charge < -0.3 is 34.1 Å². The van der Waals surface area contributed by atoms with Gasteiger partial charge in [-0.2, -0.15) is 0 Å². The molecule has 0 saturated carbocycles. The van der Waals surface area contributed by atoms with Gasteiger partial charge in [0.25, 0.3) is 11.8 Å². The normalized spacial score (nSPS) is 13.7. The third-order valence-electron chi connectivity index (χ3n) is 4.21. The molecule has 13 heteroatoms. The standard InChI is InChI=1S/C18H31N3O9Si/c1-28-31(26,27)14-2-7-19-16(23)6-10-29-12-13-30-11-8-20-15(22)5-9-21-17(24)3-4-18(21)25/h3-4,26-27H,2,5-14H2,1H3,(H,19,23)(H,20,22). The Morgan fingerprint density at radius 2 is 1.52 bits per heavy atom. The van der Waals surface area contributed by atoms with Gasteiger partial charge in [0.2, 0.25) is 11.8 Å². The third kappa shape index (κ3) is 12.3. The van der Waals surface area contributed by atoms with Crippen molar-refractivity contribution < 1.29 is 42.7 Å². The average Bonchev–Trinajstić information content (AvgIpc) is 3.05. The first-order chi connectivity index (χ1) is 14.7. The molecule has 0 bridgehead atoms. The number of hydrogen-bond acceptors (Lipinski definition) is 9. The summed E-state index contributed by atoms with van der Waals surface area (Å²) < 4.78 is 15.2. The van der Waals surface area contributed by atoms with E-state index in [0.717, 1.165) is 4.90 Å². The van der Waals surface area contributed by atoms with E-state index in [2.05, 4.69) is 15.1 Å². The minimum Gasteiger partial charge on any atom is -0.390 e. The van der Waals surface area contributed by atoms with Gasteiger partial charge >= 0.3 is 8.80 Å². The van der Waals surface area contributed by atoms with Crippen molar-refractivity contribution in [2.45, 2.75) is 25.3 Å². The van der Waals surface area contributed by atoms with Crippen LogP contribution in [0.2, 0.25) is 6.04 Å². The molecule has 4 N–H and O–H groups in total. The van der Waals surface area contributed by atoms with Crippen LogP contribution in [0.1, 0.15) is 19.3 Å². The van der Waals surface area contributed by atoms with Crippen LogP contribution in [0, 0.1) is 0 Å². The zero-order valence-corrected chi connectivity index (χ0v) is 18.6. The number of hydrogen-bond donors (Lipinski definition) is 4. The molecule has 0 aromatic heterocycles. The fraction of sp³-hybridized carbons (Fsp3) is 0.667. The van der Waals surface area contributed by atoms with Crippen LogP contribution in [0.25, 0.3) is 0 Å². The molecule has 0 fully saturated rings. The van der Waals surface area contributed by atoms with Crippen LogP contribution in [0.5, 0.6) is 0 Å². The number of carbonyl (C=O) groups is 4. The molecule has 1 aliphatic heterocycles. The molecule has 1 aliphatic rings. The summed E-state index contributed by atoms with van der Waals surface area (Å²) in [6.07, 6.45) is 2.96. The number of imide groups is 1. The maximum absolute atomic E-state index is 11.7. The summed E-state index contributed by atoms with van der Waals surface area (Å²) in [5, 5.41) is 5.28. The van der Waals surface area contributed by atoms with Gasteiger partial charge in [0, 0.05) is 57.8 Å². The van der Waals surface area contributed by atoms with E-state index in [-0.39, 0.29) is 57.0 Å². The van der Waals surface area contributed by atoms with Gasteiger partial charge in [-0.1, -0.05) is 0 Å². The van der Waals surface area contributed by atoms with Crippen LogP contribution in [-0.4, -0.2) is 100 Å². The van der Waals surface area contributed by atoms with Gasteiger partial charge in [-0.05, 0) is 6.42 Å². The second-order valence-corrected chi connectivity index (χ2v) is 9.03. The number of ether oxygens (including phenoxy) is 2. The molecule has 0 radical (unpaired) electrons. The van der Waals surface area contributed by atoms with Crippen LogP contribution in [0.4, 0.5) is 0 Å². The Hall–Kier alpha value is -2.16. The summed E-state index contributed by atoms with van der Waals surface area (Å²) in [7, 11) is -2.32. The molecule has 0 aromatic carbocycles. The highest BCUT2D eigenvalue weighted by Crippen LogP contribution is 2.05. The van der Waals surface area contributed by atoms with Crippen molar-refractivity contribution in [3.8, 4) is 0 Å². The Morgan fingerprint density at radius 1 is 0.935 bits per heavy atom. The number of nitrogens with one attached hydrogen (secondary N) is 2. The number of nitrogens with zero attached hydrogens (tertiary/aromatic N) is 1. The number of rotatable bonds is 17. The number of carbonyl (C=O) groups excluding carboxylic acids is 4. The maximum Gasteiger partial charge on any atom is 0.495 e. The van der Waals surface area contributed by atoms with Crippen LogP contribution in [-0.2, 0) is 33.1 Å². The summed E-state index contributed by atoms with van der Waals surface area (Å²) >= 11 is 0. The smallest absolute Gasteiger partial charge is 0.390 e. The lowest BCUT2D eigenvalue weighted by molar-refractivity contribution is -0.137. The van der Waals surface area contributed by atoms with Crippen molar-refractivity contribution in [2.24, 2.45) is 0 Å². The van der Waals surface area contributed by atoms with Crippen molar-refractivity contribution in [2.75, 3.05) is 53.2 Å². The predicted octanol–water partition coefficient (Wildman–Crippen LogP) is -2.08. The van der Waals surface area contributed by atoms with Crippen LogP contribution < -0.4 is 10.6 Å². The van der Waals surface area contributed by atoms with Crippen LogP contribution in [0.15, 0.2) is 12.2 Å². The highest BCUT2D eigenvalue weighted by atomic mass is 28.4. The molecule has 176 valence electrons. The average molecular weight is 462 g/mol. The van der Waals surface area contributed by atoms with Gasteiger partial charge in [0.1, 0.15) is 0 Å². The third-order valence-corrected chi connectivity index (χ3v) is 5.86. The van der Waals surface area contributed by atoms with Crippen molar-refractivity contribution in [1.29, 1.82) is 0 Å². The quantitative estimate of drug-likeness (QED) is 0.108. The fourth-order valence-corrected chi connectivity index (χ4v) is 3.28. The maximum atomic E-state index is 11.7. The van der Waals surface area contributed by atoms with Crippen molar-refractivity contribution in [3.63, 3.8) is 0 Å². The van der Waals surface area contributed by atoms with E-state index in [4.69, 9.17) is 9.47 Å². The van der Waals surface area contributed by atoms with E-state index >= 15 is 0 Å². The van der Waals surface area contributed by atoms with E-state index in [1.807, 2.05) is 0 Å². The molecule has 0 aliphatic carbocycles. The largest absolute Gasteiger partial charge is 0.495 e. The topological polar surface area (TPSA) is 164 Å². The Morgan fingerprint density at radius 3 is 2.16 bits per heavy atom. The summed E-state index contributed by atoms with van der Waals surface area (Å²) in [6.45, 7) is 1.76. The molecule has 0 spiro atoms. The van der Waals surface area contributed by atoms with Crippen molar-refractivity contribution >= 4 is 32.4 Å². The molecule has 4 amide bonds. The van der Waals surface area contributed by atoms with Crippen molar-refractivity contribution in [3.05, 3.63) is 12.2 Å². The van der Waals surface area contributed by atoms with Gasteiger partial charge in [0.15, 0.2) is 0 Å². The van der Waals surface area contributed by atoms with E-state index in [1.165, 1.54) is 19.3 Å².